The normalized spacial score (nSPS) is 9.20. The van der Waals surface area contributed by atoms with Crippen LogP contribution in [0.4, 0.5) is 0 Å². The first-order chi connectivity index (χ1) is 12.0. The molecule has 0 radical (unpaired) electrons. The molecule has 0 atom stereocenters. The zero-order valence-corrected chi connectivity index (χ0v) is 14.8. The summed E-state index contributed by atoms with van der Waals surface area (Å²) in [4.78, 5) is 0. The van der Waals surface area contributed by atoms with E-state index in [-0.39, 0.29) is 0 Å². The van der Waals surface area contributed by atoms with E-state index in [1.165, 1.54) is 5.56 Å². The van der Waals surface area contributed by atoms with Gasteiger partial charge in [-0.1, -0.05) is 61.9 Å². The molecule has 3 rings (SSSR count). The van der Waals surface area contributed by atoms with Crippen LogP contribution in [0.5, 0.6) is 17.2 Å². The van der Waals surface area contributed by atoms with Crippen LogP contribution in [0.1, 0.15) is 24.5 Å². The Morgan fingerprint density at radius 3 is 1.48 bits per heavy atom. The summed E-state index contributed by atoms with van der Waals surface area (Å²) >= 11 is 0. The van der Waals surface area contributed by atoms with Gasteiger partial charge in [0.05, 0.1) is 0 Å². The standard InChI is InChI=1S/C10H14O.2C6H6O/c1-3-4-9-5-6-10(11)8(2)7-9;2*7-6-4-2-1-3-5-6/h5-7,11H,3-4H2,1-2H3;2*1-5,7H. The maximum absolute atomic E-state index is 9.21. The van der Waals surface area contributed by atoms with Gasteiger partial charge in [0.1, 0.15) is 17.2 Å². The topological polar surface area (TPSA) is 60.7 Å². The maximum atomic E-state index is 9.21. The minimum absolute atomic E-state index is 0.322. The molecule has 0 bridgehead atoms. The highest BCUT2D eigenvalue weighted by molar-refractivity contribution is 5.34. The van der Waals surface area contributed by atoms with Gasteiger partial charge in [0.15, 0.2) is 0 Å². The number of phenols is 3. The van der Waals surface area contributed by atoms with Crippen LogP contribution < -0.4 is 0 Å². The van der Waals surface area contributed by atoms with Crippen LogP contribution >= 0.6 is 0 Å². The summed E-state index contributed by atoms with van der Waals surface area (Å²) in [6, 6.07) is 23.2. The van der Waals surface area contributed by atoms with Gasteiger partial charge in [0, 0.05) is 0 Å². The molecular formula is C22H26O3. The number of rotatable bonds is 2. The van der Waals surface area contributed by atoms with E-state index in [0.717, 1.165) is 18.4 Å². The van der Waals surface area contributed by atoms with Crippen LogP contribution in [-0.2, 0) is 6.42 Å². The van der Waals surface area contributed by atoms with Crippen LogP contribution in [0.2, 0.25) is 0 Å². The largest absolute Gasteiger partial charge is 0.508 e. The van der Waals surface area contributed by atoms with Gasteiger partial charge in [-0.2, -0.15) is 0 Å². The van der Waals surface area contributed by atoms with Crippen molar-refractivity contribution in [3.8, 4) is 17.2 Å². The zero-order chi connectivity index (χ0) is 18.5. The highest BCUT2D eigenvalue weighted by Gasteiger charge is 1.96. The maximum Gasteiger partial charge on any atom is 0.118 e. The number of aromatic hydroxyl groups is 3. The van der Waals surface area contributed by atoms with Gasteiger partial charge in [-0.15, -0.1) is 0 Å². The highest BCUT2D eigenvalue weighted by Crippen LogP contribution is 2.17. The van der Waals surface area contributed by atoms with Crippen LogP contribution in [0, 0.1) is 6.92 Å². The Morgan fingerprint density at radius 1 is 0.680 bits per heavy atom. The molecule has 0 aliphatic carbocycles. The Morgan fingerprint density at radius 2 is 1.16 bits per heavy atom. The van der Waals surface area contributed by atoms with Gasteiger partial charge in [-0.05, 0) is 54.8 Å². The minimum Gasteiger partial charge on any atom is -0.508 e. The summed E-state index contributed by atoms with van der Waals surface area (Å²) in [5.41, 5.74) is 2.28. The number of hydrogen-bond acceptors (Lipinski definition) is 3. The summed E-state index contributed by atoms with van der Waals surface area (Å²) in [5.74, 6) is 1.04. The third-order valence-corrected chi connectivity index (χ3v) is 3.31. The molecule has 3 heteroatoms. The molecule has 3 N–H and O–H groups in total. The molecule has 0 amide bonds. The second kappa shape index (κ2) is 11.6. The molecule has 3 aromatic carbocycles. The van der Waals surface area contributed by atoms with E-state index >= 15 is 0 Å². The molecule has 0 spiro atoms. The van der Waals surface area contributed by atoms with Crippen molar-refractivity contribution in [2.24, 2.45) is 0 Å². The number of benzene rings is 3. The molecule has 0 saturated carbocycles. The Kier molecular flexibility index (Phi) is 9.31. The van der Waals surface area contributed by atoms with Gasteiger partial charge in [-0.3, -0.25) is 0 Å². The smallest absolute Gasteiger partial charge is 0.118 e. The lowest BCUT2D eigenvalue weighted by Crippen LogP contribution is -1.83. The van der Waals surface area contributed by atoms with Crippen molar-refractivity contribution in [2.75, 3.05) is 0 Å². The Bertz CT molecular complexity index is 672. The SMILES string of the molecule is CCCc1ccc(O)c(C)c1.Oc1ccccc1.Oc1ccccc1. The van der Waals surface area contributed by atoms with E-state index < -0.39 is 0 Å². The summed E-state index contributed by atoms with van der Waals surface area (Å²) in [6.07, 6.45) is 2.26. The van der Waals surface area contributed by atoms with Gasteiger partial charge in [0.25, 0.3) is 0 Å². The average molecular weight is 338 g/mol. The first kappa shape index (κ1) is 20.1. The van der Waals surface area contributed by atoms with Gasteiger partial charge in [0.2, 0.25) is 0 Å². The fraction of sp³-hybridized carbons (Fsp3) is 0.182. The van der Waals surface area contributed by atoms with Crippen molar-refractivity contribution < 1.29 is 15.3 Å². The van der Waals surface area contributed by atoms with Gasteiger partial charge >= 0.3 is 0 Å². The van der Waals surface area contributed by atoms with Crippen molar-refractivity contribution in [3.05, 3.63) is 90.0 Å². The lowest BCUT2D eigenvalue weighted by Gasteiger charge is -2.01. The van der Waals surface area contributed by atoms with Crippen LogP contribution in [0.15, 0.2) is 78.9 Å². The van der Waals surface area contributed by atoms with E-state index in [0.29, 0.717) is 17.2 Å². The molecule has 0 unspecified atom stereocenters. The molecule has 0 aliphatic rings. The van der Waals surface area contributed by atoms with Crippen molar-refractivity contribution >= 4 is 0 Å². The van der Waals surface area contributed by atoms with Crippen molar-refractivity contribution in [1.82, 2.24) is 0 Å². The minimum atomic E-state index is 0.322. The van der Waals surface area contributed by atoms with E-state index in [1.807, 2.05) is 31.2 Å². The van der Waals surface area contributed by atoms with Crippen LogP contribution in [-0.4, -0.2) is 15.3 Å². The third kappa shape index (κ3) is 9.06. The van der Waals surface area contributed by atoms with E-state index in [4.69, 9.17) is 10.2 Å². The van der Waals surface area contributed by atoms with Crippen LogP contribution in [0.25, 0.3) is 0 Å². The quantitative estimate of drug-likeness (QED) is 0.583. The number of aryl methyl sites for hydroxylation is 2. The molecule has 0 aliphatic heterocycles. The lowest BCUT2D eigenvalue weighted by atomic mass is 10.1. The van der Waals surface area contributed by atoms with Crippen LogP contribution in [0.3, 0.4) is 0 Å². The molecule has 0 heterocycles. The predicted octanol–water partition coefficient (Wildman–Crippen LogP) is 5.44. The Labute approximate surface area is 149 Å². The molecule has 3 aromatic rings. The summed E-state index contributed by atoms with van der Waals surface area (Å²) < 4.78 is 0. The van der Waals surface area contributed by atoms with E-state index in [2.05, 4.69) is 6.92 Å². The second-order valence-electron chi connectivity index (χ2n) is 5.54. The zero-order valence-electron chi connectivity index (χ0n) is 14.8. The number of para-hydroxylation sites is 2. The van der Waals surface area contributed by atoms with E-state index in [1.54, 1.807) is 54.6 Å². The Hall–Kier alpha value is -2.94. The summed E-state index contributed by atoms with van der Waals surface area (Å²) in [7, 11) is 0. The van der Waals surface area contributed by atoms with Crippen molar-refractivity contribution in [3.63, 3.8) is 0 Å². The van der Waals surface area contributed by atoms with Gasteiger partial charge in [-0.25, -0.2) is 0 Å². The average Bonchev–Trinajstić information content (AvgIpc) is 2.61. The predicted molar refractivity (Wildman–Crippen MR) is 103 cm³/mol. The summed E-state index contributed by atoms with van der Waals surface area (Å²) in [6.45, 7) is 4.08. The first-order valence-corrected chi connectivity index (χ1v) is 8.29. The second-order valence-corrected chi connectivity index (χ2v) is 5.54. The Balaban J connectivity index is 0.000000195. The molecule has 132 valence electrons. The number of hydrogen-bond donors (Lipinski definition) is 3. The fourth-order valence-electron chi connectivity index (χ4n) is 2.02. The van der Waals surface area contributed by atoms with E-state index in [9.17, 15) is 5.11 Å². The van der Waals surface area contributed by atoms with Crippen molar-refractivity contribution in [1.29, 1.82) is 0 Å². The lowest BCUT2D eigenvalue weighted by molar-refractivity contribution is 0.470. The molecule has 0 fully saturated rings. The number of phenolic OH excluding ortho intramolecular Hbond substituents is 3. The van der Waals surface area contributed by atoms with Gasteiger partial charge < -0.3 is 15.3 Å². The van der Waals surface area contributed by atoms with Crippen molar-refractivity contribution in [2.45, 2.75) is 26.7 Å². The highest BCUT2D eigenvalue weighted by atomic mass is 16.3. The fourth-order valence-corrected chi connectivity index (χ4v) is 2.02. The molecule has 0 saturated heterocycles. The monoisotopic (exact) mass is 338 g/mol. The molecule has 3 nitrogen and oxygen atoms in total. The molecule has 25 heavy (non-hydrogen) atoms. The summed E-state index contributed by atoms with van der Waals surface area (Å²) in [5, 5.41) is 26.5. The first-order valence-electron chi connectivity index (χ1n) is 8.29. The molecule has 0 aromatic heterocycles. The molecular weight excluding hydrogens is 312 g/mol. The third-order valence-electron chi connectivity index (χ3n) is 3.31.